The van der Waals surface area contributed by atoms with Gasteiger partial charge in [-0.15, -0.1) is 0 Å². The molecule has 1 atom stereocenters. The van der Waals surface area contributed by atoms with E-state index in [0.717, 1.165) is 36.1 Å². The van der Waals surface area contributed by atoms with Crippen molar-refractivity contribution in [1.29, 1.82) is 0 Å². The van der Waals surface area contributed by atoms with E-state index >= 15 is 0 Å². The molecule has 0 radical (unpaired) electrons. The van der Waals surface area contributed by atoms with Crippen molar-refractivity contribution in [2.75, 3.05) is 22.1 Å². The van der Waals surface area contributed by atoms with Gasteiger partial charge in [0, 0.05) is 30.9 Å². The average molecular weight is 461 g/mol. The van der Waals surface area contributed by atoms with Crippen LogP contribution in [0.1, 0.15) is 42.9 Å². The highest BCUT2D eigenvalue weighted by atomic mass is 19.1. The van der Waals surface area contributed by atoms with Crippen molar-refractivity contribution in [1.82, 2.24) is 0 Å². The summed E-state index contributed by atoms with van der Waals surface area (Å²) in [6.45, 7) is 0.895. The van der Waals surface area contributed by atoms with Gasteiger partial charge in [0.25, 0.3) is 5.91 Å². The summed E-state index contributed by atoms with van der Waals surface area (Å²) in [7, 11) is 0. The average Bonchev–Trinajstić information content (AvgIpc) is 3.07. The maximum atomic E-state index is 15.0. The summed E-state index contributed by atoms with van der Waals surface area (Å²) in [6.07, 6.45) is 3.06. The van der Waals surface area contributed by atoms with Crippen LogP contribution in [-0.4, -0.2) is 18.4 Å². The Bertz CT molecular complexity index is 1150. The van der Waals surface area contributed by atoms with Gasteiger partial charge in [0.1, 0.15) is 11.9 Å². The summed E-state index contributed by atoms with van der Waals surface area (Å²) >= 11 is 0. The molecule has 2 amide bonds. The molecule has 7 heteroatoms. The summed E-state index contributed by atoms with van der Waals surface area (Å²) in [5.41, 5.74) is 8.80. The minimum Gasteiger partial charge on any atom is -0.370 e. The SMILES string of the molecule is NCc1cccc(N[C@H](C(=O)Nc2ccc(N3CCCCCC3=O)c(F)c2)c2ccccc2)c1. The minimum atomic E-state index is -0.704. The van der Waals surface area contributed by atoms with Crippen LogP contribution in [0.4, 0.5) is 21.5 Å². The van der Waals surface area contributed by atoms with E-state index in [0.29, 0.717) is 25.2 Å². The van der Waals surface area contributed by atoms with E-state index in [1.165, 1.54) is 11.0 Å². The topological polar surface area (TPSA) is 87.5 Å². The van der Waals surface area contributed by atoms with Gasteiger partial charge in [-0.2, -0.15) is 0 Å². The summed E-state index contributed by atoms with van der Waals surface area (Å²) in [4.78, 5) is 27.2. The van der Waals surface area contributed by atoms with Crippen molar-refractivity contribution in [2.24, 2.45) is 5.73 Å². The molecule has 3 aromatic carbocycles. The quantitative estimate of drug-likeness (QED) is 0.464. The molecular weight excluding hydrogens is 431 g/mol. The van der Waals surface area contributed by atoms with Crippen molar-refractivity contribution in [2.45, 2.75) is 38.3 Å². The molecule has 3 aromatic rings. The zero-order chi connectivity index (χ0) is 23.9. The number of nitrogens with zero attached hydrogens (tertiary/aromatic N) is 1. The smallest absolute Gasteiger partial charge is 0.251 e. The first-order chi connectivity index (χ1) is 16.5. The number of amides is 2. The van der Waals surface area contributed by atoms with Crippen LogP contribution in [0.2, 0.25) is 0 Å². The highest BCUT2D eigenvalue weighted by Gasteiger charge is 2.23. The van der Waals surface area contributed by atoms with Gasteiger partial charge in [-0.3, -0.25) is 9.59 Å². The predicted octanol–water partition coefficient (Wildman–Crippen LogP) is 4.98. The number of halogens is 1. The van der Waals surface area contributed by atoms with Crippen LogP contribution in [0.3, 0.4) is 0 Å². The fourth-order valence-corrected chi connectivity index (χ4v) is 4.16. The molecular formula is C27H29FN4O2. The molecule has 0 spiro atoms. The van der Waals surface area contributed by atoms with Crippen molar-refractivity contribution in [3.8, 4) is 0 Å². The second-order valence-electron chi connectivity index (χ2n) is 8.40. The van der Waals surface area contributed by atoms with Gasteiger partial charge >= 0.3 is 0 Å². The van der Waals surface area contributed by atoms with Crippen LogP contribution < -0.4 is 21.3 Å². The Balaban J connectivity index is 1.55. The first-order valence-corrected chi connectivity index (χ1v) is 11.6. The second kappa shape index (κ2) is 10.9. The molecule has 1 heterocycles. The van der Waals surface area contributed by atoms with E-state index in [9.17, 15) is 14.0 Å². The molecule has 0 unspecified atom stereocenters. The number of anilines is 3. The van der Waals surface area contributed by atoms with E-state index in [2.05, 4.69) is 10.6 Å². The Labute approximate surface area is 199 Å². The largest absolute Gasteiger partial charge is 0.370 e. The number of carbonyl (C=O) groups excluding carboxylic acids is 2. The van der Waals surface area contributed by atoms with Gasteiger partial charge in [0.05, 0.1) is 5.69 Å². The first-order valence-electron chi connectivity index (χ1n) is 11.6. The highest BCUT2D eigenvalue weighted by Crippen LogP contribution is 2.28. The van der Waals surface area contributed by atoms with Crippen LogP contribution in [-0.2, 0) is 16.1 Å². The van der Waals surface area contributed by atoms with Crippen LogP contribution >= 0.6 is 0 Å². The Hall–Kier alpha value is -3.71. The summed E-state index contributed by atoms with van der Waals surface area (Å²) < 4.78 is 15.0. The lowest BCUT2D eigenvalue weighted by Crippen LogP contribution is -2.31. The lowest BCUT2D eigenvalue weighted by atomic mass is 10.0. The Morgan fingerprint density at radius 2 is 1.79 bits per heavy atom. The maximum absolute atomic E-state index is 15.0. The van der Waals surface area contributed by atoms with Gasteiger partial charge < -0.3 is 21.3 Å². The maximum Gasteiger partial charge on any atom is 0.251 e. The summed E-state index contributed by atoms with van der Waals surface area (Å²) in [5, 5.41) is 6.08. The third kappa shape index (κ3) is 5.61. The Kier molecular flexibility index (Phi) is 7.54. The number of rotatable bonds is 7. The molecule has 1 fully saturated rings. The summed E-state index contributed by atoms with van der Waals surface area (Å²) in [5.74, 6) is -0.934. The number of hydrogen-bond donors (Lipinski definition) is 3. The fraction of sp³-hybridized carbons (Fsp3) is 0.259. The zero-order valence-electron chi connectivity index (χ0n) is 19.0. The standard InChI is InChI=1S/C27H29FN4O2/c28-23-17-22(13-14-24(23)32-15-6-2-5-12-25(32)33)31-27(34)26(20-9-3-1-4-10-20)30-21-11-7-8-19(16-21)18-29/h1,3-4,7-11,13-14,16-17,26,30H,2,5-6,12,15,18,29H2,(H,31,34)/t26-/m0/s1. The number of nitrogens with two attached hydrogens (primary N) is 1. The lowest BCUT2D eigenvalue weighted by molar-refractivity contribution is -0.118. The van der Waals surface area contributed by atoms with Gasteiger partial charge in [0.15, 0.2) is 0 Å². The van der Waals surface area contributed by atoms with Crippen LogP contribution in [0.25, 0.3) is 0 Å². The Morgan fingerprint density at radius 3 is 2.56 bits per heavy atom. The molecule has 1 saturated heterocycles. The van der Waals surface area contributed by atoms with Crippen molar-refractivity contribution >= 4 is 28.9 Å². The molecule has 0 saturated carbocycles. The van der Waals surface area contributed by atoms with Crippen LogP contribution in [0, 0.1) is 5.82 Å². The van der Waals surface area contributed by atoms with Gasteiger partial charge in [-0.1, -0.05) is 48.9 Å². The zero-order valence-corrected chi connectivity index (χ0v) is 19.0. The molecule has 176 valence electrons. The molecule has 0 bridgehead atoms. The molecule has 0 aromatic heterocycles. The van der Waals surface area contributed by atoms with Crippen LogP contribution in [0.5, 0.6) is 0 Å². The van der Waals surface area contributed by atoms with E-state index in [-0.39, 0.29) is 17.5 Å². The molecule has 1 aliphatic rings. The first kappa shape index (κ1) is 23.4. The van der Waals surface area contributed by atoms with E-state index in [4.69, 9.17) is 5.73 Å². The molecule has 34 heavy (non-hydrogen) atoms. The third-order valence-electron chi connectivity index (χ3n) is 5.95. The molecule has 0 aliphatic carbocycles. The summed E-state index contributed by atoms with van der Waals surface area (Å²) in [6, 6.07) is 20.6. The van der Waals surface area contributed by atoms with Gasteiger partial charge in [0.2, 0.25) is 5.91 Å². The third-order valence-corrected chi connectivity index (χ3v) is 5.95. The monoisotopic (exact) mass is 460 g/mol. The molecule has 1 aliphatic heterocycles. The Morgan fingerprint density at radius 1 is 0.971 bits per heavy atom. The number of benzene rings is 3. The highest BCUT2D eigenvalue weighted by molar-refractivity contribution is 5.98. The van der Waals surface area contributed by atoms with E-state index in [1.807, 2.05) is 54.6 Å². The van der Waals surface area contributed by atoms with Gasteiger partial charge in [-0.25, -0.2) is 4.39 Å². The predicted molar refractivity (Wildman–Crippen MR) is 133 cm³/mol. The number of hydrogen-bond acceptors (Lipinski definition) is 4. The number of nitrogens with one attached hydrogen (secondary N) is 2. The van der Waals surface area contributed by atoms with Gasteiger partial charge in [-0.05, 0) is 54.3 Å². The van der Waals surface area contributed by atoms with E-state index < -0.39 is 11.9 Å². The second-order valence-corrected chi connectivity index (χ2v) is 8.40. The van der Waals surface area contributed by atoms with E-state index in [1.54, 1.807) is 12.1 Å². The normalized spacial score (nSPS) is 14.9. The lowest BCUT2D eigenvalue weighted by Gasteiger charge is -2.23. The minimum absolute atomic E-state index is 0.0683. The van der Waals surface area contributed by atoms with Crippen LogP contribution in [0.15, 0.2) is 72.8 Å². The van der Waals surface area contributed by atoms with Crippen molar-refractivity contribution in [3.05, 3.63) is 89.7 Å². The van der Waals surface area contributed by atoms with Crippen molar-refractivity contribution < 1.29 is 14.0 Å². The van der Waals surface area contributed by atoms with Crippen molar-refractivity contribution in [3.63, 3.8) is 0 Å². The molecule has 6 nitrogen and oxygen atoms in total. The molecule has 4 N–H and O–H groups in total. The fourth-order valence-electron chi connectivity index (χ4n) is 4.16. The molecule has 4 rings (SSSR count). The number of carbonyl (C=O) groups is 2.